The molecule has 0 saturated carbocycles. The molecule has 4 rings (SSSR count). The molecule has 3 aromatic rings. The van der Waals surface area contributed by atoms with Gasteiger partial charge in [-0.15, -0.1) is 11.3 Å². The summed E-state index contributed by atoms with van der Waals surface area (Å²) in [6.45, 7) is 5.95. The van der Waals surface area contributed by atoms with Gasteiger partial charge < -0.3 is 14.6 Å². The molecule has 0 atom stereocenters. The van der Waals surface area contributed by atoms with Gasteiger partial charge >= 0.3 is 6.09 Å². The van der Waals surface area contributed by atoms with Crippen molar-refractivity contribution in [2.24, 2.45) is 0 Å². The molecule has 0 unspecified atom stereocenters. The third-order valence-corrected chi connectivity index (χ3v) is 6.43. The van der Waals surface area contributed by atoms with Gasteiger partial charge in [0.25, 0.3) is 11.8 Å². The standard InChI is InChI=1S/C24H26ClN5O5S/c1-24(2,3)35-23(34)28-30(13-17-26-8-11-36-17)21(32)18-19(22(33)29-9-4-5-10-29)27-16-12-14(25)6-7-15(16)20(18)31/h6-8,11-12H,4-5,9-10,13H2,1-3H3,(H,27,31)(H,28,34). The fraction of sp³-hybridized carbons (Fsp3) is 0.375. The molecule has 3 amide bonds. The summed E-state index contributed by atoms with van der Waals surface area (Å²) in [4.78, 5) is 62.2. The van der Waals surface area contributed by atoms with Crippen molar-refractivity contribution in [1.82, 2.24) is 25.3 Å². The number of fused-ring (bicyclic) bond motifs is 1. The molecular formula is C24H26ClN5O5S. The van der Waals surface area contributed by atoms with Crippen LogP contribution in [0.25, 0.3) is 10.9 Å². The lowest BCUT2D eigenvalue weighted by Gasteiger charge is -2.26. The summed E-state index contributed by atoms with van der Waals surface area (Å²) in [7, 11) is 0. The number of hydrogen-bond acceptors (Lipinski definition) is 7. The number of carbonyl (C=O) groups excluding carboxylic acids is 3. The van der Waals surface area contributed by atoms with E-state index in [0.29, 0.717) is 28.6 Å². The average molecular weight is 532 g/mol. The first-order chi connectivity index (χ1) is 17.0. The van der Waals surface area contributed by atoms with Gasteiger partial charge in [0.2, 0.25) is 5.43 Å². The molecule has 3 heterocycles. The Morgan fingerprint density at radius 1 is 1.25 bits per heavy atom. The van der Waals surface area contributed by atoms with E-state index in [1.807, 2.05) is 0 Å². The Morgan fingerprint density at radius 2 is 1.97 bits per heavy atom. The van der Waals surface area contributed by atoms with Gasteiger partial charge in [0.15, 0.2) is 0 Å². The van der Waals surface area contributed by atoms with E-state index in [1.165, 1.54) is 29.5 Å². The predicted octanol–water partition coefficient (Wildman–Crippen LogP) is 3.96. The number of ether oxygens (including phenoxy) is 1. The lowest BCUT2D eigenvalue weighted by atomic mass is 10.1. The van der Waals surface area contributed by atoms with Crippen molar-refractivity contribution in [3.05, 3.63) is 61.3 Å². The molecule has 2 N–H and O–H groups in total. The minimum absolute atomic E-state index is 0.134. The summed E-state index contributed by atoms with van der Waals surface area (Å²) in [6, 6.07) is 4.55. The Hall–Kier alpha value is -3.44. The van der Waals surface area contributed by atoms with Crippen LogP contribution in [-0.4, -0.2) is 56.5 Å². The fourth-order valence-electron chi connectivity index (χ4n) is 3.88. The van der Waals surface area contributed by atoms with Crippen LogP contribution >= 0.6 is 22.9 Å². The number of H-pyrrole nitrogens is 1. The molecule has 2 aromatic heterocycles. The topological polar surface area (TPSA) is 125 Å². The number of nitrogens with zero attached hydrogens (tertiary/aromatic N) is 3. The molecule has 0 spiro atoms. The van der Waals surface area contributed by atoms with Crippen LogP contribution in [0.5, 0.6) is 0 Å². The number of benzene rings is 1. The molecule has 1 aromatic carbocycles. The van der Waals surface area contributed by atoms with Crippen molar-refractivity contribution in [3.8, 4) is 0 Å². The van der Waals surface area contributed by atoms with Crippen LogP contribution in [0.2, 0.25) is 5.02 Å². The van der Waals surface area contributed by atoms with E-state index < -0.39 is 28.9 Å². The second-order valence-electron chi connectivity index (χ2n) is 9.32. The Labute approximate surface area is 216 Å². The minimum Gasteiger partial charge on any atom is -0.443 e. The quantitative estimate of drug-likeness (QED) is 0.491. The van der Waals surface area contributed by atoms with Gasteiger partial charge in [-0.05, 0) is 51.8 Å². The van der Waals surface area contributed by atoms with E-state index in [0.717, 1.165) is 17.9 Å². The zero-order valence-corrected chi connectivity index (χ0v) is 21.7. The third-order valence-electron chi connectivity index (χ3n) is 5.43. The van der Waals surface area contributed by atoms with Crippen molar-refractivity contribution in [1.29, 1.82) is 0 Å². The van der Waals surface area contributed by atoms with E-state index in [2.05, 4.69) is 15.4 Å². The van der Waals surface area contributed by atoms with Gasteiger partial charge in [0.05, 0.1) is 12.1 Å². The smallest absolute Gasteiger partial charge is 0.426 e. The summed E-state index contributed by atoms with van der Waals surface area (Å²) in [5.74, 6) is -1.34. The molecular weight excluding hydrogens is 506 g/mol. The highest BCUT2D eigenvalue weighted by atomic mass is 35.5. The van der Waals surface area contributed by atoms with Crippen molar-refractivity contribution >= 4 is 51.7 Å². The number of carbonyl (C=O) groups is 3. The SMILES string of the molecule is CC(C)(C)OC(=O)NN(Cc1nccs1)C(=O)c1c(C(=O)N2CCCC2)[nH]c2cc(Cl)ccc2c1=O. The normalized spacial score (nSPS) is 13.6. The molecule has 1 saturated heterocycles. The second kappa shape index (κ2) is 10.3. The molecule has 0 bridgehead atoms. The van der Waals surface area contributed by atoms with Crippen LogP contribution in [0.1, 0.15) is 59.5 Å². The molecule has 0 radical (unpaired) electrons. The lowest BCUT2D eigenvalue weighted by molar-refractivity contribution is 0.0280. The summed E-state index contributed by atoms with van der Waals surface area (Å²) < 4.78 is 5.31. The van der Waals surface area contributed by atoms with E-state index in [-0.39, 0.29) is 23.2 Å². The predicted molar refractivity (Wildman–Crippen MR) is 136 cm³/mol. The number of hydrazine groups is 1. The largest absolute Gasteiger partial charge is 0.443 e. The van der Waals surface area contributed by atoms with Gasteiger partial charge in [-0.25, -0.2) is 20.2 Å². The summed E-state index contributed by atoms with van der Waals surface area (Å²) in [5.41, 5.74) is 0.744. The van der Waals surface area contributed by atoms with Crippen molar-refractivity contribution in [3.63, 3.8) is 0 Å². The van der Waals surface area contributed by atoms with Gasteiger partial charge in [0, 0.05) is 35.1 Å². The monoisotopic (exact) mass is 531 g/mol. The van der Waals surface area contributed by atoms with Crippen LogP contribution in [0, 0.1) is 0 Å². The number of halogens is 1. The zero-order valence-electron chi connectivity index (χ0n) is 20.1. The Balaban J connectivity index is 1.82. The fourth-order valence-corrected chi connectivity index (χ4v) is 4.66. The van der Waals surface area contributed by atoms with Crippen LogP contribution < -0.4 is 10.9 Å². The molecule has 1 aliphatic rings. The number of aromatic nitrogens is 2. The van der Waals surface area contributed by atoms with E-state index in [1.54, 1.807) is 37.2 Å². The van der Waals surface area contributed by atoms with Crippen LogP contribution in [-0.2, 0) is 11.3 Å². The molecule has 0 aliphatic carbocycles. The Kier molecular flexibility index (Phi) is 7.32. The number of aromatic amines is 1. The number of amides is 3. The van der Waals surface area contributed by atoms with Gasteiger partial charge in [-0.3, -0.25) is 14.4 Å². The highest BCUT2D eigenvalue weighted by Gasteiger charge is 2.32. The molecule has 36 heavy (non-hydrogen) atoms. The summed E-state index contributed by atoms with van der Waals surface area (Å²) >= 11 is 7.38. The molecule has 12 heteroatoms. The van der Waals surface area contributed by atoms with E-state index in [4.69, 9.17) is 16.3 Å². The zero-order chi connectivity index (χ0) is 26.0. The van der Waals surface area contributed by atoms with Crippen LogP contribution in [0.15, 0.2) is 34.6 Å². The number of hydrogen-bond donors (Lipinski definition) is 2. The van der Waals surface area contributed by atoms with Crippen molar-refractivity contribution < 1.29 is 19.1 Å². The lowest BCUT2D eigenvalue weighted by Crippen LogP contribution is -2.49. The van der Waals surface area contributed by atoms with E-state index >= 15 is 0 Å². The third kappa shape index (κ3) is 5.68. The van der Waals surface area contributed by atoms with Crippen molar-refractivity contribution in [2.75, 3.05) is 13.1 Å². The number of likely N-dealkylation sites (tertiary alicyclic amines) is 1. The first-order valence-corrected chi connectivity index (χ1v) is 12.6. The van der Waals surface area contributed by atoms with E-state index in [9.17, 15) is 19.2 Å². The minimum atomic E-state index is -0.885. The first kappa shape index (κ1) is 25.6. The Bertz CT molecular complexity index is 1360. The number of rotatable bonds is 4. The molecule has 1 aliphatic heterocycles. The molecule has 10 nitrogen and oxygen atoms in total. The maximum absolute atomic E-state index is 13.9. The first-order valence-electron chi connectivity index (χ1n) is 11.4. The highest BCUT2D eigenvalue weighted by molar-refractivity contribution is 7.09. The number of pyridine rings is 1. The van der Waals surface area contributed by atoms with Crippen LogP contribution in [0.3, 0.4) is 0 Å². The number of nitrogens with one attached hydrogen (secondary N) is 2. The van der Waals surface area contributed by atoms with Crippen LogP contribution in [0.4, 0.5) is 4.79 Å². The molecule has 190 valence electrons. The molecule has 1 fully saturated rings. The highest BCUT2D eigenvalue weighted by Crippen LogP contribution is 2.21. The second-order valence-corrected chi connectivity index (χ2v) is 10.7. The van der Waals surface area contributed by atoms with Crippen molar-refractivity contribution in [2.45, 2.75) is 45.8 Å². The maximum atomic E-state index is 13.9. The van der Waals surface area contributed by atoms with Gasteiger partial charge in [-0.2, -0.15) is 0 Å². The maximum Gasteiger partial charge on any atom is 0.426 e. The number of thiazole rings is 1. The summed E-state index contributed by atoms with van der Waals surface area (Å²) in [5, 5.41) is 3.73. The van der Waals surface area contributed by atoms with Gasteiger partial charge in [-0.1, -0.05) is 11.6 Å². The Morgan fingerprint density at radius 3 is 2.61 bits per heavy atom. The average Bonchev–Trinajstić information content (AvgIpc) is 3.50. The van der Waals surface area contributed by atoms with Gasteiger partial charge in [0.1, 0.15) is 21.9 Å². The summed E-state index contributed by atoms with van der Waals surface area (Å²) in [6.07, 6.45) is 2.33.